The van der Waals surface area contributed by atoms with E-state index >= 15 is 0 Å². The molecule has 0 heterocycles. The van der Waals surface area contributed by atoms with Gasteiger partial charge in [-0.25, -0.2) is 8.42 Å². The van der Waals surface area contributed by atoms with Gasteiger partial charge in [-0.1, -0.05) is 55.8 Å². The van der Waals surface area contributed by atoms with Crippen LogP contribution < -0.4 is 9.62 Å². The Kier molecular flexibility index (Phi) is 10.8. The molecular formula is C31H39N3O4S2. The zero-order valence-electron chi connectivity index (χ0n) is 24.0. The Hall–Kier alpha value is -3.30. The van der Waals surface area contributed by atoms with E-state index in [0.717, 1.165) is 25.9 Å². The first kappa shape index (κ1) is 31.2. The van der Waals surface area contributed by atoms with Crippen molar-refractivity contribution in [1.29, 1.82) is 0 Å². The van der Waals surface area contributed by atoms with Crippen LogP contribution in [-0.2, 0) is 26.2 Å². The number of aryl methyl sites for hydroxylation is 2. The lowest BCUT2D eigenvalue weighted by molar-refractivity contribution is -0.139. The molecule has 40 heavy (non-hydrogen) atoms. The quantitative estimate of drug-likeness (QED) is 0.289. The number of rotatable bonds is 12. The number of benzene rings is 3. The molecule has 0 spiro atoms. The molecule has 0 fully saturated rings. The fraction of sp³-hybridized carbons (Fsp3) is 0.355. The van der Waals surface area contributed by atoms with Crippen LogP contribution in [0.15, 0.2) is 82.6 Å². The molecular weight excluding hydrogens is 542 g/mol. The third-order valence-corrected chi connectivity index (χ3v) is 9.23. The molecule has 9 heteroatoms. The number of hydrogen-bond donors (Lipinski definition) is 1. The molecule has 1 atom stereocenters. The Morgan fingerprint density at radius 3 is 2.10 bits per heavy atom. The van der Waals surface area contributed by atoms with Gasteiger partial charge in [0.25, 0.3) is 10.0 Å². The van der Waals surface area contributed by atoms with E-state index in [1.807, 2.05) is 70.3 Å². The van der Waals surface area contributed by atoms with Crippen LogP contribution in [0.3, 0.4) is 0 Å². The summed E-state index contributed by atoms with van der Waals surface area (Å²) in [5, 5.41) is 2.91. The molecule has 0 unspecified atom stereocenters. The molecule has 2 amide bonds. The lowest BCUT2D eigenvalue weighted by atomic mass is 10.1. The molecule has 0 saturated carbocycles. The van der Waals surface area contributed by atoms with E-state index in [4.69, 9.17) is 0 Å². The van der Waals surface area contributed by atoms with Crippen molar-refractivity contribution >= 4 is 39.3 Å². The van der Waals surface area contributed by atoms with E-state index in [1.54, 1.807) is 43.3 Å². The van der Waals surface area contributed by atoms with Gasteiger partial charge in [0.05, 0.1) is 10.6 Å². The number of anilines is 1. The van der Waals surface area contributed by atoms with Crippen LogP contribution in [0.1, 0.15) is 37.5 Å². The van der Waals surface area contributed by atoms with Crippen LogP contribution in [0.4, 0.5) is 5.69 Å². The smallest absolute Gasteiger partial charge is 0.264 e. The molecule has 0 aromatic heterocycles. The molecule has 3 aromatic carbocycles. The summed E-state index contributed by atoms with van der Waals surface area (Å²) >= 11 is 1.52. The van der Waals surface area contributed by atoms with Gasteiger partial charge in [-0.2, -0.15) is 0 Å². The third kappa shape index (κ3) is 7.88. The Morgan fingerprint density at radius 2 is 1.52 bits per heavy atom. The average Bonchev–Trinajstić information content (AvgIpc) is 2.94. The number of carbonyl (C=O) groups is 2. The number of carbonyl (C=O) groups excluding carboxylic acids is 2. The van der Waals surface area contributed by atoms with Gasteiger partial charge in [0.2, 0.25) is 11.8 Å². The maximum atomic E-state index is 14.0. The zero-order valence-corrected chi connectivity index (χ0v) is 25.7. The van der Waals surface area contributed by atoms with Crippen molar-refractivity contribution in [2.24, 2.45) is 5.92 Å². The molecule has 0 bridgehead atoms. The summed E-state index contributed by atoms with van der Waals surface area (Å²) in [6, 6.07) is 20.5. The molecule has 0 aliphatic carbocycles. The van der Waals surface area contributed by atoms with Crippen molar-refractivity contribution < 1.29 is 18.0 Å². The van der Waals surface area contributed by atoms with Crippen molar-refractivity contribution in [3.05, 3.63) is 89.5 Å². The van der Waals surface area contributed by atoms with Gasteiger partial charge in [-0.3, -0.25) is 13.9 Å². The Balaban J connectivity index is 2.02. The third-order valence-electron chi connectivity index (χ3n) is 6.70. The SMILES string of the molecule is CSc1ccc(S(=O)(=O)N(CC(=O)N(Cc2ccccc2C)[C@@H](C)C(=O)NCC(C)C)c2ccc(C)cc2)cc1. The Bertz CT molecular complexity index is 1410. The topological polar surface area (TPSA) is 86.8 Å². The largest absolute Gasteiger partial charge is 0.354 e. The summed E-state index contributed by atoms with van der Waals surface area (Å²) in [4.78, 5) is 29.6. The van der Waals surface area contributed by atoms with E-state index in [2.05, 4.69) is 5.32 Å². The molecule has 7 nitrogen and oxygen atoms in total. The van der Waals surface area contributed by atoms with E-state index in [0.29, 0.717) is 12.2 Å². The van der Waals surface area contributed by atoms with E-state index in [-0.39, 0.29) is 23.3 Å². The molecule has 0 saturated heterocycles. The standard InChI is InChI=1S/C31H39N3O4S2/c1-22(2)19-32-31(36)25(5)33(20-26-10-8-7-9-24(26)4)30(35)21-34(27-13-11-23(3)12-14-27)40(37,38)29-17-15-28(39-6)16-18-29/h7-18,22,25H,19-21H2,1-6H3,(H,32,36)/t25-/m0/s1. The number of amides is 2. The number of nitrogens with zero attached hydrogens (tertiary/aromatic N) is 2. The van der Waals surface area contributed by atoms with Gasteiger partial charge in [0, 0.05) is 18.0 Å². The number of nitrogens with one attached hydrogen (secondary N) is 1. The summed E-state index contributed by atoms with van der Waals surface area (Å²) in [5.41, 5.74) is 3.21. The van der Waals surface area contributed by atoms with Crippen LogP contribution in [0.25, 0.3) is 0 Å². The Labute approximate surface area is 243 Å². The monoisotopic (exact) mass is 581 g/mol. The minimum Gasteiger partial charge on any atom is -0.354 e. The molecule has 3 aromatic rings. The van der Waals surface area contributed by atoms with Crippen molar-refractivity contribution in [1.82, 2.24) is 10.2 Å². The van der Waals surface area contributed by atoms with Crippen LogP contribution in [-0.4, -0.2) is 50.5 Å². The second kappa shape index (κ2) is 13.9. The molecule has 0 radical (unpaired) electrons. The maximum Gasteiger partial charge on any atom is 0.264 e. The van der Waals surface area contributed by atoms with E-state index in [9.17, 15) is 18.0 Å². The first-order chi connectivity index (χ1) is 18.9. The first-order valence-corrected chi connectivity index (χ1v) is 16.0. The van der Waals surface area contributed by atoms with Crippen molar-refractivity contribution in [2.45, 2.75) is 57.0 Å². The van der Waals surface area contributed by atoms with Crippen molar-refractivity contribution in [2.75, 3.05) is 23.7 Å². The highest BCUT2D eigenvalue weighted by molar-refractivity contribution is 7.98. The van der Waals surface area contributed by atoms with Gasteiger partial charge in [-0.05, 0) is 80.5 Å². The summed E-state index contributed by atoms with van der Waals surface area (Å²) in [7, 11) is -4.09. The number of sulfonamides is 1. The van der Waals surface area contributed by atoms with Gasteiger partial charge >= 0.3 is 0 Å². The van der Waals surface area contributed by atoms with Gasteiger partial charge in [0.1, 0.15) is 12.6 Å². The molecule has 3 rings (SSSR count). The predicted molar refractivity (Wildman–Crippen MR) is 163 cm³/mol. The minimum atomic E-state index is -4.09. The van der Waals surface area contributed by atoms with Crippen molar-refractivity contribution in [3.8, 4) is 0 Å². The first-order valence-electron chi connectivity index (χ1n) is 13.3. The van der Waals surface area contributed by atoms with Crippen LogP contribution in [0.5, 0.6) is 0 Å². The van der Waals surface area contributed by atoms with Crippen molar-refractivity contribution in [3.63, 3.8) is 0 Å². The molecule has 1 N–H and O–H groups in total. The van der Waals surface area contributed by atoms with E-state index < -0.39 is 28.5 Å². The second-order valence-corrected chi connectivity index (χ2v) is 13.0. The minimum absolute atomic E-state index is 0.0897. The molecule has 0 aliphatic rings. The highest BCUT2D eigenvalue weighted by Crippen LogP contribution is 2.26. The normalized spacial score (nSPS) is 12.2. The summed E-state index contributed by atoms with van der Waals surface area (Å²) < 4.78 is 29.0. The van der Waals surface area contributed by atoms with Crippen LogP contribution >= 0.6 is 11.8 Å². The lowest BCUT2D eigenvalue weighted by Crippen LogP contribution is -2.51. The van der Waals surface area contributed by atoms with E-state index in [1.165, 1.54) is 16.7 Å². The average molecular weight is 582 g/mol. The predicted octanol–water partition coefficient (Wildman–Crippen LogP) is 5.41. The van der Waals surface area contributed by atoms with Gasteiger partial charge in [-0.15, -0.1) is 11.8 Å². The fourth-order valence-electron chi connectivity index (χ4n) is 4.12. The number of thioether (sulfide) groups is 1. The Morgan fingerprint density at radius 1 is 0.900 bits per heavy atom. The second-order valence-electron chi connectivity index (χ2n) is 10.3. The van der Waals surface area contributed by atoms with Crippen LogP contribution in [0, 0.1) is 19.8 Å². The summed E-state index contributed by atoms with van der Waals surface area (Å²) in [6.07, 6.45) is 1.92. The molecule has 0 aliphatic heterocycles. The van der Waals surface area contributed by atoms with Gasteiger partial charge in [0.15, 0.2) is 0 Å². The van der Waals surface area contributed by atoms with Crippen LogP contribution in [0.2, 0.25) is 0 Å². The lowest BCUT2D eigenvalue weighted by Gasteiger charge is -2.32. The highest BCUT2D eigenvalue weighted by Gasteiger charge is 2.32. The zero-order chi connectivity index (χ0) is 29.4. The molecule has 214 valence electrons. The fourth-order valence-corrected chi connectivity index (χ4v) is 5.94. The maximum absolute atomic E-state index is 14.0. The summed E-state index contributed by atoms with van der Waals surface area (Å²) in [5.74, 6) is -0.510. The number of hydrogen-bond acceptors (Lipinski definition) is 5. The van der Waals surface area contributed by atoms with Gasteiger partial charge < -0.3 is 10.2 Å². The highest BCUT2D eigenvalue weighted by atomic mass is 32.2. The summed E-state index contributed by atoms with van der Waals surface area (Å²) in [6.45, 7) is 9.73.